The maximum absolute atomic E-state index is 10.5. The van der Waals surface area contributed by atoms with Crippen molar-refractivity contribution >= 4 is 38.6 Å². The fraction of sp³-hybridized carbons (Fsp3) is 0.109. The van der Waals surface area contributed by atoms with Crippen molar-refractivity contribution < 1.29 is 0 Å². The number of hydrogen-bond acceptors (Lipinski definition) is 4. The van der Waals surface area contributed by atoms with Gasteiger partial charge in [0.2, 0.25) is 0 Å². The molecule has 8 rings (SSSR count). The van der Waals surface area contributed by atoms with Crippen LogP contribution in [0.4, 0.5) is 5.69 Å². The van der Waals surface area contributed by atoms with Crippen LogP contribution in [0.15, 0.2) is 162 Å². The molecule has 242 valence electrons. The summed E-state index contributed by atoms with van der Waals surface area (Å²) >= 11 is 0. The number of anilines is 1. The highest BCUT2D eigenvalue weighted by Crippen LogP contribution is 2.47. The van der Waals surface area contributed by atoms with Gasteiger partial charge in [-0.2, -0.15) is 15.8 Å². The molecule has 0 saturated carbocycles. The standard InChI is InChI=1S/C46H33N5/c1-3-35(31-21-23-34(24-22-31)50-42-25-20-30(27-47)26-39(42)46-32(28-48)12-5-8-18-43(46)50)36(4-2)45-33(29-49)13-11-19-44(45)51-40-16-9-6-14-37(40)38-15-7-10-17-41(38)51/h3-17,19-26,39,42H,18H2,1-2H3/b35-3-,36-4+. The van der Waals surface area contributed by atoms with Crippen LogP contribution in [0.25, 0.3) is 38.6 Å². The molecular weight excluding hydrogens is 623 g/mol. The summed E-state index contributed by atoms with van der Waals surface area (Å²) in [6.45, 7) is 4.08. The van der Waals surface area contributed by atoms with Crippen molar-refractivity contribution in [2.24, 2.45) is 5.92 Å². The van der Waals surface area contributed by atoms with Crippen LogP contribution >= 0.6 is 0 Å². The molecule has 5 nitrogen and oxygen atoms in total. The van der Waals surface area contributed by atoms with Crippen molar-refractivity contribution in [1.82, 2.24) is 4.57 Å². The third-order valence-electron chi connectivity index (χ3n) is 10.3. The van der Waals surface area contributed by atoms with Crippen molar-refractivity contribution in [2.75, 3.05) is 4.90 Å². The van der Waals surface area contributed by atoms with Gasteiger partial charge in [-0.3, -0.25) is 0 Å². The zero-order valence-corrected chi connectivity index (χ0v) is 28.4. The van der Waals surface area contributed by atoms with E-state index in [1.807, 2.05) is 50.3 Å². The lowest BCUT2D eigenvalue weighted by molar-refractivity contribution is 0.676. The average Bonchev–Trinajstić information content (AvgIpc) is 3.59. The Balaban J connectivity index is 1.23. The van der Waals surface area contributed by atoms with Crippen molar-refractivity contribution in [2.45, 2.75) is 26.3 Å². The molecule has 5 heteroatoms. The average molecular weight is 656 g/mol. The second-order valence-electron chi connectivity index (χ2n) is 12.8. The van der Waals surface area contributed by atoms with E-state index in [9.17, 15) is 15.8 Å². The Hall–Kier alpha value is -6.87. The summed E-state index contributed by atoms with van der Waals surface area (Å²) in [5.41, 5.74) is 12.0. The summed E-state index contributed by atoms with van der Waals surface area (Å²) < 4.78 is 2.28. The quantitative estimate of drug-likeness (QED) is 0.177. The van der Waals surface area contributed by atoms with Crippen LogP contribution in [0.2, 0.25) is 0 Å². The number of fused-ring (bicyclic) bond motifs is 5. The summed E-state index contributed by atoms with van der Waals surface area (Å²) in [6.07, 6.45) is 16.8. The molecule has 3 aliphatic rings. The topological polar surface area (TPSA) is 79.5 Å². The Morgan fingerprint density at radius 1 is 0.765 bits per heavy atom. The summed E-state index contributed by atoms with van der Waals surface area (Å²) in [7, 11) is 0. The van der Waals surface area contributed by atoms with Gasteiger partial charge in [0.05, 0.1) is 52.1 Å². The highest BCUT2D eigenvalue weighted by Gasteiger charge is 2.41. The van der Waals surface area contributed by atoms with Gasteiger partial charge in [-0.1, -0.05) is 91.1 Å². The van der Waals surface area contributed by atoms with Gasteiger partial charge in [0.15, 0.2) is 0 Å². The number of nitrogens with zero attached hydrogens (tertiary/aromatic N) is 5. The molecule has 5 aromatic rings. The number of allylic oxidation sites excluding steroid dienone is 10. The Labute approximate surface area is 297 Å². The van der Waals surface area contributed by atoms with Crippen LogP contribution in [0.3, 0.4) is 0 Å². The molecule has 0 amide bonds. The number of aromatic nitrogens is 1. The smallest absolute Gasteiger partial charge is 0.0998 e. The molecule has 2 aliphatic carbocycles. The van der Waals surface area contributed by atoms with E-state index >= 15 is 0 Å². The van der Waals surface area contributed by atoms with Gasteiger partial charge in [-0.25, -0.2) is 0 Å². The molecule has 0 bridgehead atoms. The van der Waals surface area contributed by atoms with Crippen LogP contribution in [0.1, 0.15) is 37.0 Å². The third kappa shape index (κ3) is 4.97. The summed E-state index contributed by atoms with van der Waals surface area (Å²) in [4.78, 5) is 2.32. The number of hydrogen-bond donors (Lipinski definition) is 0. The molecule has 0 radical (unpaired) electrons. The fourth-order valence-electron chi connectivity index (χ4n) is 8.15. The van der Waals surface area contributed by atoms with E-state index in [1.54, 1.807) is 0 Å². The van der Waals surface area contributed by atoms with Crippen LogP contribution in [-0.4, -0.2) is 10.6 Å². The first kappa shape index (κ1) is 31.4. The van der Waals surface area contributed by atoms with E-state index in [0.29, 0.717) is 23.1 Å². The van der Waals surface area contributed by atoms with Crippen molar-refractivity contribution in [3.63, 3.8) is 0 Å². The molecule has 2 heterocycles. The Morgan fingerprint density at radius 3 is 2.12 bits per heavy atom. The molecule has 2 atom stereocenters. The summed E-state index contributed by atoms with van der Waals surface area (Å²) in [5, 5.41) is 32.6. The van der Waals surface area contributed by atoms with Crippen LogP contribution < -0.4 is 4.90 Å². The van der Waals surface area contributed by atoms with E-state index in [-0.39, 0.29) is 12.0 Å². The molecule has 0 saturated heterocycles. The Bertz CT molecular complexity index is 2560. The molecule has 4 aromatic carbocycles. The number of para-hydroxylation sites is 2. The number of nitriles is 3. The number of rotatable bonds is 5. The molecule has 1 aliphatic heterocycles. The molecule has 0 fully saturated rings. The molecule has 51 heavy (non-hydrogen) atoms. The Kier molecular flexibility index (Phi) is 7.92. The van der Waals surface area contributed by atoms with E-state index in [2.05, 4.69) is 131 Å². The summed E-state index contributed by atoms with van der Waals surface area (Å²) in [6, 6.07) is 38.6. The van der Waals surface area contributed by atoms with Gasteiger partial charge in [-0.15, -0.1) is 0 Å². The highest BCUT2D eigenvalue weighted by atomic mass is 15.2. The Morgan fingerprint density at radius 2 is 1.47 bits per heavy atom. The van der Waals surface area contributed by atoms with Crippen LogP contribution in [0.5, 0.6) is 0 Å². The second-order valence-corrected chi connectivity index (χ2v) is 12.8. The van der Waals surface area contributed by atoms with E-state index in [0.717, 1.165) is 56.0 Å². The normalized spacial score (nSPS) is 18.5. The largest absolute Gasteiger partial charge is 0.337 e. The molecule has 0 spiro atoms. The van der Waals surface area contributed by atoms with Gasteiger partial charge in [0.1, 0.15) is 0 Å². The first-order chi connectivity index (χ1) is 25.1. The SMILES string of the molecule is C/C=C(\C(=C/C)c1c(C#N)cccc1-n1c2ccccc2c2ccccc21)c1ccc(N2C3=C(C(C#N)=CC=CC3)C3C=C(C#N)C=CC32)cc1. The predicted molar refractivity (Wildman–Crippen MR) is 206 cm³/mol. The monoisotopic (exact) mass is 655 g/mol. The fourth-order valence-corrected chi connectivity index (χ4v) is 8.15. The number of benzene rings is 4. The van der Waals surface area contributed by atoms with Gasteiger partial charge < -0.3 is 9.47 Å². The van der Waals surface area contributed by atoms with Gasteiger partial charge in [0, 0.05) is 45.6 Å². The molecule has 0 N–H and O–H groups in total. The molecule has 2 unspecified atom stereocenters. The minimum absolute atomic E-state index is 0.0373. The zero-order valence-electron chi connectivity index (χ0n) is 28.4. The van der Waals surface area contributed by atoms with Crippen molar-refractivity contribution in [1.29, 1.82) is 15.8 Å². The van der Waals surface area contributed by atoms with Gasteiger partial charge in [-0.05, 0) is 84.7 Å². The van der Waals surface area contributed by atoms with Crippen molar-refractivity contribution in [3.8, 4) is 23.9 Å². The molecule has 1 aromatic heterocycles. The first-order valence-corrected chi connectivity index (χ1v) is 17.2. The lowest BCUT2D eigenvalue weighted by atomic mass is 9.84. The minimum atomic E-state index is -0.0902. The third-order valence-corrected chi connectivity index (χ3v) is 10.3. The van der Waals surface area contributed by atoms with E-state index < -0.39 is 0 Å². The lowest BCUT2D eigenvalue weighted by Crippen LogP contribution is -2.33. The van der Waals surface area contributed by atoms with Crippen molar-refractivity contribution in [3.05, 3.63) is 179 Å². The maximum atomic E-state index is 10.5. The van der Waals surface area contributed by atoms with Gasteiger partial charge in [0.25, 0.3) is 0 Å². The zero-order chi connectivity index (χ0) is 35.1. The summed E-state index contributed by atoms with van der Waals surface area (Å²) in [5.74, 6) is -0.0902. The molecular formula is C46H33N5. The first-order valence-electron chi connectivity index (χ1n) is 17.2. The minimum Gasteiger partial charge on any atom is -0.337 e. The van der Waals surface area contributed by atoms with E-state index in [1.165, 1.54) is 10.8 Å². The highest BCUT2D eigenvalue weighted by molar-refractivity contribution is 6.12. The van der Waals surface area contributed by atoms with Crippen LogP contribution in [-0.2, 0) is 0 Å². The lowest BCUT2D eigenvalue weighted by Gasteiger charge is -2.31. The van der Waals surface area contributed by atoms with E-state index in [4.69, 9.17) is 0 Å². The predicted octanol–water partition coefficient (Wildman–Crippen LogP) is 10.7. The van der Waals surface area contributed by atoms with Crippen LogP contribution in [0, 0.1) is 39.9 Å². The maximum Gasteiger partial charge on any atom is 0.0998 e. The van der Waals surface area contributed by atoms with Gasteiger partial charge >= 0.3 is 0 Å². The second kappa shape index (κ2) is 12.9.